The van der Waals surface area contributed by atoms with Crippen molar-refractivity contribution in [2.45, 2.75) is 50.4 Å². The summed E-state index contributed by atoms with van der Waals surface area (Å²) in [6.07, 6.45) is 3.42. The molecule has 0 radical (unpaired) electrons. The molecule has 0 saturated carbocycles. The van der Waals surface area contributed by atoms with Crippen LogP contribution in [-0.4, -0.2) is 43.5 Å². The topological polar surface area (TPSA) is 119 Å². The van der Waals surface area contributed by atoms with Crippen molar-refractivity contribution in [3.05, 3.63) is 33.9 Å². The maximum Gasteiger partial charge on any atom is 0.343 e. The molecule has 152 valence electrons. The summed E-state index contributed by atoms with van der Waals surface area (Å²) in [7, 11) is 1.62. The van der Waals surface area contributed by atoms with Crippen LogP contribution >= 0.6 is 11.8 Å². The number of aryl methyl sites for hydroxylation is 2. The molecule has 0 spiro atoms. The molecule has 2 rings (SSSR count). The van der Waals surface area contributed by atoms with E-state index >= 15 is 0 Å². The number of hydrogen-bond donors (Lipinski definition) is 2. The number of aromatic nitrogens is 4. The summed E-state index contributed by atoms with van der Waals surface area (Å²) in [6, 6.07) is 1.47. The van der Waals surface area contributed by atoms with Crippen molar-refractivity contribution in [1.82, 2.24) is 19.7 Å². The second kappa shape index (κ2) is 10.1. The predicted molar refractivity (Wildman–Crippen MR) is 107 cm³/mol. The molecule has 2 heterocycles. The maximum absolute atomic E-state index is 12.8. The van der Waals surface area contributed by atoms with Crippen molar-refractivity contribution >= 4 is 29.5 Å². The van der Waals surface area contributed by atoms with Gasteiger partial charge in [0.05, 0.1) is 18.1 Å². The third kappa shape index (κ3) is 5.44. The van der Waals surface area contributed by atoms with Crippen molar-refractivity contribution in [2.75, 3.05) is 11.9 Å². The lowest BCUT2D eigenvalue weighted by molar-refractivity contribution is -0.115. The molecule has 0 fully saturated rings. The van der Waals surface area contributed by atoms with E-state index in [2.05, 4.69) is 20.4 Å². The second-order valence-corrected chi connectivity index (χ2v) is 7.24. The number of anilines is 1. The average molecular weight is 407 g/mol. The van der Waals surface area contributed by atoms with Crippen LogP contribution < -0.4 is 10.9 Å². The van der Waals surface area contributed by atoms with E-state index < -0.39 is 11.2 Å². The molecule has 2 aromatic rings. The van der Waals surface area contributed by atoms with Crippen LogP contribution in [0.25, 0.3) is 0 Å². The quantitative estimate of drug-likeness (QED) is 0.371. The number of amides is 1. The molecule has 0 aliphatic carbocycles. The van der Waals surface area contributed by atoms with E-state index in [1.54, 1.807) is 14.0 Å². The molecule has 2 N–H and O–H groups in total. The van der Waals surface area contributed by atoms with Crippen LogP contribution in [0.3, 0.4) is 0 Å². The fourth-order valence-electron chi connectivity index (χ4n) is 2.52. The number of aromatic amines is 1. The van der Waals surface area contributed by atoms with Crippen LogP contribution in [0.15, 0.2) is 22.2 Å². The van der Waals surface area contributed by atoms with Crippen molar-refractivity contribution < 1.29 is 14.3 Å². The molecule has 0 bridgehead atoms. The standard InChI is InChI=1S/C18H25N5O4S/c1-5-8-11-9-14(24)21-18(20-11)28-13(6-2)16(25)22-15-12(10-19-23(15)4)17(26)27-7-3/h9-10,13H,5-8H2,1-4H3,(H,22,25)(H,20,21,24). The largest absolute Gasteiger partial charge is 0.462 e. The Labute approximate surface area is 167 Å². The highest BCUT2D eigenvalue weighted by atomic mass is 32.2. The van der Waals surface area contributed by atoms with E-state index in [-0.39, 0.29) is 29.5 Å². The molecule has 0 aliphatic heterocycles. The Balaban J connectivity index is 2.18. The molecule has 1 atom stereocenters. The Morgan fingerprint density at radius 3 is 2.75 bits per heavy atom. The normalized spacial score (nSPS) is 11.9. The molecule has 1 unspecified atom stereocenters. The second-order valence-electron chi connectivity index (χ2n) is 6.05. The number of hydrogen-bond acceptors (Lipinski definition) is 7. The zero-order chi connectivity index (χ0) is 20.7. The first-order chi connectivity index (χ1) is 13.4. The Morgan fingerprint density at radius 1 is 1.36 bits per heavy atom. The molecule has 0 aromatic carbocycles. The number of thioether (sulfide) groups is 1. The highest BCUT2D eigenvalue weighted by Gasteiger charge is 2.24. The van der Waals surface area contributed by atoms with Gasteiger partial charge in [-0.05, 0) is 19.8 Å². The van der Waals surface area contributed by atoms with Gasteiger partial charge in [0, 0.05) is 18.8 Å². The Bertz CT molecular complexity index is 892. The fraction of sp³-hybridized carbons (Fsp3) is 0.500. The zero-order valence-corrected chi connectivity index (χ0v) is 17.3. The van der Waals surface area contributed by atoms with Crippen LogP contribution in [0.2, 0.25) is 0 Å². The summed E-state index contributed by atoms with van der Waals surface area (Å²) in [5, 5.41) is 6.65. The van der Waals surface area contributed by atoms with Crippen molar-refractivity contribution in [2.24, 2.45) is 7.05 Å². The van der Waals surface area contributed by atoms with Gasteiger partial charge in [-0.2, -0.15) is 5.10 Å². The number of nitrogens with one attached hydrogen (secondary N) is 2. The van der Waals surface area contributed by atoms with Gasteiger partial charge in [-0.1, -0.05) is 32.0 Å². The first kappa shape index (κ1) is 21.7. The van der Waals surface area contributed by atoms with Crippen LogP contribution in [0.5, 0.6) is 0 Å². The van der Waals surface area contributed by atoms with Gasteiger partial charge in [0.2, 0.25) is 5.91 Å². The minimum Gasteiger partial charge on any atom is -0.462 e. The summed E-state index contributed by atoms with van der Waals surface area (Å²) in [5.74, 6) is -0.598. The van der Waals surface area contributed by atoms with Crippen LogP contribution in [-0.2, 0) is 23.0 Å². The van der Waals surface area contributed by atoms with Crippen molar-refractivity contribution in [1.29, 1.82) is 0 Å². The van der Waals surface area contributed by atoms with Gasteiger partial charge in [0.25, 0.3) is 5.56 Å². The van der Waals surface area contributed by atoms with Gasteiger partial charge in [0.15, 0.2) is 5.16 Å². The smallest absolute Gasteiger partial charge is 0.343 e. The monoisotopic (exact) mass is 407 g/mol. The summed E-state index contributed by atoms with van der Waals surface area (Å²) in [6.45, 7) is 5.80. The fourth-order valence-corrected chi connectivity index (χ4v) is 3.45. The van der Waals surface area contributed by atoms with E-state index in [1.807, 2.05) is 13.8 Å². The number of esters is 1. The molecule has 1 amide bonds. The van der Waals surface area contributed by atoms with Crippen molar-refractivity contribution in [3.63, 3.8) is 0 Å². The van der Waals surface area contributed by atoms with Gasteiger partial charge >= 0.3 is 5.97 Å². The van der Waals surface area contributed by atoms with Crippen molar-refractivity contribution in [3.8, 4) is 0 Å². The van der Waals surface area contributed by atoms with Crippen LogP contribution in [0, 0.1) is 0 Å². The minimum absolute atomic E-state index is 0.189. The van der Waals surface area contributed by atoms with Gasteiger partial charge in [-0.3, -0.25) is 14.3 Å². The maximum atomic E-state index is 12.8. The van der Waals surface area contributed by atoms with Gasteiger partial charge in [0.1, 0.15) is 11.4 Å². The molecule has 2 aromatic heterocycles. The average Bonchev–Trinajstić information content (AvgIpc) is 3.00. The van der Waals surface area contributed by atoms with Gasteiger partial charge in [-0.25, -0.2) is 9.78 Å². The highest BCUT2D eigenvalue weighted by Crippen LogP contribution is 2.24. The first-order valence-corrected chi connectivity index (χ1v) is 10.0. The summed E-state index contributed by atoms with van der Waals surface area (Å²) in [4.78, 5) is 43.7. The molecular weight excluding hydrogens is 382 g/mol. The molecular formula is C18H25N5O4S. The lowest BCUT2D eigenvalue weighted by atomic mass is 10.2. The molecule has 10 heteroatoms. The summed E-state index contributed by atoms with van der Waals surface area (Å²) >= 11 is 1.18. The van der Waals surface area contributed by atoms with E-state index in [0.717, 1.165) is 6.42 Å². The lowest BCUT2D eigenvalue weighted by Gasteiger charge is -2.15. The van der Waals surface area contributed by atoms with E-state index in [4.69, 9.17) is 4.74 Å². The molecule has 28 heavy (non-hydrogen) atoms. The molecule has 0 aliphatic rings. The molecule has 0 saturated heterocycles. The lowest BCUT2D eigenvalue weighted by Crippen LogP contribution is -2.27. The Kier molecular flexibility index (Phi) is 7.80. The minimum atomic E-state index is -0.551. The number of rotatable bonds is 9. The number of ether oxygens (including phenoxy) is 1. The van der Waals surface area contributed by atoms with E-state index in [9.17, 15) is 14.4 Å². The summed E-state index contributed by atoms with van der Waals surface area (Å²) < 4.78 is 6.40. The number of nitrogens with zero attached hydrogens (tertiary/aromatic N) is 3. The SMILES string of the molecule is CCCc1cc(=O)[nH]c(SC(CC)C(=O)Nc2c(C(=O)OCC)cnn2C)n1. The van der Waals surface area contributed by atoms with Crippen LogP contribution in [0.4, 0.5) is 5.82 Å². The Hall–Kier alpha value is -2.62. The van der Waals surface area contributed by atoms with Crippen LogP contribution in [0.1, 0.15) is 49.7 Å². The number of H-pyrrole nitrogens is 1. The molecule has 9 nitrogen and oxygen atoms in total. The first-order valence-electron chi connectivity index (χ1n) is 9.16. The highest BCUT2D eigenvalue weighted by molar-refractivity contribution is 8.00. The van der Waals surface area contributed by atoms with Gasteiger partial charge < -0.3 is 15.0 Å². The Morgan fingerprint density at radius 2 is 2.11 bits per heavy atom. The predicted octanol–water partition coefficient (Wildman–Crippen LogP) is 2.14. The third-order valence-corrected chi connectivity index (χ3v) is 5.12. The third-order valence-electron chi connectivity index (χ3n) is 3.87. The van der Waals surface area contributed by atoms with E-state index in [1.165, 1.54) is 28.7 Å². The number of carbonyl (C=O) groups is 2. The zero-order valence-electron chi connectivity index (χ0n) is 16.4. The summed E-state index contributed by atoms with van der Waals surface area (Å²) in [5.41, 5.74) is 0.640. The van der Waals surface area contributed by atoms with E-state index in [0.29, 0.717) is 23.7 Å². The van der Waals surface area contributed by atoms with Gasteiger partial charge in [-0.15, -0.1) is 0 Å². The number of carbonyl (C=O) groups excluding carboxylic acids is 2.